The molecule has 0 radical (unpaired) electrons. The molecular formula is C10H13NO5S2. The van der Waals surface area contributed by atoms with E-state index in [0.717, 1.165) is 6.92 Å². The number of rotatable bonds is 6. The van der Waals surface area contributed by atoms with Gasteiger partial charge in [0.2, 0.25) is 5.91 Å². The Labute approximate surface area is 109 Å². The van der Waals surface area contributed by atoms with Gasteiger partial charge in [0.15, 0.2) is 9.84 Å². The van der Waals surface area contributed by atoms with E-state index < -0.39 is 33.5 Å². The molecule has 0 fully saturated rings. The van der Waals surface area contributed by atoms with Crippen molar-refractivity contribution in [3.05, 3.63) is 22.4 Å². The van der Waals surface area contributed by atoms with Gasteiger partial charge in [0, 0.05) is 6.92 Å². The molecule has 1 rings (SSSR count). The molecule has 0 unspecified atom stereocenters. The van der Waals surface area contributed by atoms with Gasteiger partial charge in [-0.1, -0.05) is 0 Å². The molecule has 1 aromatic rings. The van der Waals surface area contributed by atoms with Gasteiger partial charge in [0.1, 0.15) is 6.04 Å². The Bertz CT molecular complexity index is 520. The highest BCUT2D eigenvalue weighted by Crippen LogP contribution is 2.11. The minimum absolute atomic E-state index is 0.222. The Morgan fingerprint density at radius 1 is 1.50 bits per heavy atom. The number of aliphatic carboxylic acids is 1. The third kappa shape index (κ3) is 4.84. The van der Waals surface area contributed by atoms with Crippen LogP contribution in [-0.4, -0.2) is 37.2 Å². The van der Waals surface area contributed by atoms with Gasteiger partial charge in [-0.3, -0.25) is 4.79 Å². The van der Waals surface area contributed by atoms with Gasteiger partial charge in [0.25, 0.3) is 0 Å². The van der Waals surface area contributed by atoms with Crippen molar-refractivity contribution in [1.82, 2.24) is 5.32 Å². The van der Waals surface area contributed by atoms with Crippen LogP contribution < -0.4 is 5.32 Å². The minimum Gasteiger partial charge on any atom is -0.480 e. The molecule has 0 saturated heterocycles. The second-order valence-electron chi connectivity index (χ2n) is 3.78. The summed E-state index contributed by atoms with van der Waals surface area (Å²) in [5.41, 5.74) is 0.618. The summed E-state index contributed by atoms with van der Waals surface area (Å²) < 4.78 is 23.6. The van der Waals surface area contributed by atoms with Crippen molar-refractivity contribution in [2.24, 2.45) is 0 Å². The van der Waals surface area contributed by atoms with E-state index in [4.69, 9.17) is 5.11 Å². The van der Waals surface area contributed by atoms with E-state index in [9.17, 15) is 18.0 Å². The largest absolute Gasteiger partial charge is 0.480 e. The summed E-state index contributed by atoms with van der Waals surface area (Å²) in [6, 6.07) is 0.252. The van der Waals surface area contributed by atoms with Gasteiger partial charge >= 0.3 is 5.97 Å². The molecule has 1 aromatic heterocycles. The summed E-state index contributed by atoms with van der Waals surface area (Å²) >= 11 is 1.37. The number of carbonyl (C=O) groups excluding carboxylic acids is 1. The predicted molar refractivity (Wildman–Crippen MR) is 67.1 cm³/mol. The number of carboxylic acids is 1. The standard InChI is InChI=1S/C10H13NO5S2/c1-7(12)11-9(10(13)14)6-18(15,16)5-8-2-3-17-4-8/h2-4,9H,5-6H2,1H3,(H,11,12)(H,13,14)/t9-/m0/s1. The van der Waals surface area contributed by atoms with Crippen LogP contribution in [0.4, 0.5) is 0 Å². The number of thiophene rings is 1. The third-order valence-corrected chi connectivity index (χ3v) is 4.41. The number of hydrogen-bond donors (Lipinski definition) is 2. The Balaban J connectivity index is 2.73. The van der Waals surface area contributed by atoms with Gasteiger partial charge in [-0.25, -0.2) is 13.2 Å². The van der Waals surface area contributed by atoms with E-state index in [2.05, 4.69) is 5.32 Å². The minimum atomic E-state index is -3.58. The molecule has 1 atom stereocenters. The summed E-state index contributed by atoms with van der Waals surface area (Å²) in [6.45, 7) is 1.14. The summed E-state index contributed by atoms with van der Waals surface area (Å²) in [6.07, 6.45) is 0. The summed E-state index contributed by atoms with van der Waals surface area (Å²) in [4.78, 5) is 21.6. The monoisotopic (exact) mass is 291 g/mol. The average Bonchev–Trinajstić information content (AvgIpc) is 2.67. The van der Waals surface area contributed by atoms with Gasteiger partial charge in [0.05, 0.1) is 11.5 Å². The Hall–Kier alpha value is -1.41. The number of hydrogen-bond acceptors (Lipinski definition) is 5. The lowest BCUT2D eigenvalue weighted by Gasteiger charge is -2.13. The molecular weight excluding hydrogens is 278 g/mol. The average molecular weight is 291 g/mol. The summed E-state index contributed by atoms with van der Waals surface area (Å²) in [5, 5.41) is 14.4. The van der Waals surface area contributed by atoms with E-state index in [1.165, 1.54) is 11.3 Å². The molecule has 2 N–H and O–H groups in total. The highest BCUT2D eigenvalue weighted by molar-refractivity contribution is 7.90. The molecule has 100 valence electrons. The molecule has 18 heavy (non-hydrogen) atoms. The fourth-order valence-electron chi connectivity index (χ4n) is 1.36. The Morgan fingerprint density at radius 3 is 2.61 bits per heavy atom. The first-order valence-corrected chi connectivity index (χ1v) is 7.78. The van der Waals surface area contributed by atoms with Crippen LogP contribution in [0.5, 0.6) is 0 Å². The molecule has 8 heteroatoms. The molecule has 1 amide bonds. The third-order valence-electron chi connectivity index (χ3n) is 2.06. The second kappa shape index (κ2) is 5.96. The van der Waals surface area contributed by atoms with Crippen LogP contribution in [0.15, 0.2) is 16.8 Å². The van der Waals surface area contributed by atoms with E-state index in [1.807, 2.05) is 0 Å². The first-order valence-electron chi connectivity index (χ1n) is 5.01. The highest BCUT2D eigenvalue weighted by Gasteiger charge is 2.26. The summed E-state index contributed by atoms with van der Waals surface area (Å²) in [5.74, 6) is -2.77. The molecule has 0 aliphatic carbocycles. The number of carboxylic acid groups (broad SMARTS) is 1. The normalized spacial score (nSPS) is 12.9. The molecule has 0 saturated carbocycles. The molecule has 1 heterocycles. The SMILES string of the molecule is CC(=O)N[C@@H](CS(=O)(=O)Cc1ccsc1)C(=O)O. The van der Waals surface area contributed by atoms with Crippen LogP contribution in [0.3, 0.4) is 0 Å². The number of carbonyl (C=O) groups is 2. The zero-order valence-corrected chi connectivity index (χ0v) is 11.3. The fraction of sp³-hybridized carbons (Fsp3) is 0.400. The van der Waals surface area contributed by atoms with Crippen LogP contribution in [0.2, 0.25) is 0 Å². The molecule has 0 aliphatic heterocycles. The Kier molecular flexibility index (Phi) is 4.85. The van der Waals surface area contributed by atoms with Gasteiger partial charge in [-0.15, -0.1) is 0 Å². The highest BCUT2D eigenvalue weighted by atomic mass is 32.2. The number of sulfone groups is 1. The van der Waals surface area contributed by atoms with Crippen LogP contribution in [0, 0.1) is 0 Å². The number of amides is 1. The van der Waals surface area contributed by atoms with Crippen molar-refractivity contribution >= 4 is 33.1 Å². The zero-order chi connectivity index (χ0) is 13.8. The maximum Gasteiger partial charge on any atom is 0.327 e. The molecule has 0 aromatic carbocycles. The second-order valence-corrected chi connectivity index (χ2v) is 6.67. The lowest BCUT2D eigenvalue weighted by atomic mass is 10.3. The van der Waals surface area contributed by atoms with E-state index in [0.29, 0.717) is 5.56 Å². The Morgan fingerprint density at radius 2 is 2.17 bits per heavy atom. The van der Waals surface area contributed by atoms with Gasteiger partial charge < -0.3 is 10.4 Å². The smallest absolute Gasteiger partial charge is 0.327 e. The fourth-order valence-corrected chi connectivity index (χ4v) is 3.67. The predicted octanol–water partition coefficient (Wildman–Crippen LogP) is 0.252. The van der Waals surface area contributed by atoms with Crippen molar-refractivity contribution in [3.63, 3.8) is 0 Å². The van der Waals surface area contributed by atoms with E-state index in [-0.39, 0.29) is 5.75 Å². The van der Waals surface area contributed by atoms with Crippen LogP contribution >= 0.6 is 11.3 Å². The van der Waals surface area contributed by atoms with Crippen molar-refractivity contribution in [1.29, 1.82) is 0 Å². The quantitative estimate of drug-likeness (QED) is 0.782. The lowest BCUT2D eigenvalue weighted by molar-refractivity contribution is -0.140. The van der Waals surface area contributed by atoms with Crippen LogP contribution in [-0.2, 0) is 25.2 Å². The van der Waals surface area contributed by atoms with Gasteiger partial charge in [-0.05, 0) is 22.4 Å². The molecule has 6 nitrogen and oxygen atoms in total. The van der Waals surface area contributed by atoms with Crippen molar-refractivity contribution in [2.75, 3.05) is 5.75 Å². The first-order chi connectivity index (χ1) is 8.30. The van der Waals surface area contributed by atoms with E-state index in [1.54, 1.807) is 16.8 Å². The first kappa shape index (κ1) is 14.7. The van der Waals surface area contributed by atoms with Crippen molar-refractivity contribution in [3.8, 4) is 0 Å². The van der Waals surface area contributed by atoms with Crippen molar-refractivity contribution < 1.29 is 23.1 Å². The van der Waals surface area contributed by atoms with Crippen LogP contribution in [0.1, 0.15) is 12.5 Å². The molecule has 0 aliphatic rings. The van der Waals surface area contributed by atoms with Gasteiger partial charge in [-0.2, -0.15) is 11.3 Å². The summed E-state index contributed by atoms with van der Waals surface area (Å²) in [7, 11) is -3.58. The lowest BCUT2D eigenvalue weighted by Crippen LogP contribution is -2.44. The molecule has 0 bridgehead atoms. The zero-order valence-electron chi connectivity index (χ0n) is 9.62. The van der Waals surface area contributed by atoms with E-state index >= 15 is 0 Å². The van der Waals surface area contributed by atoms with Crippen LogP contribution in [0.25, 0.3) is 0 Å². The van der Waals surface area contributed by atoms with Crippen molar-refractivity contribution in [2.45, 2.75) is 18.7 Å². The maximum absolute atomic E-state index is 11.8. The topological polar surface area (TPSA) is 101 Å². The maximum atomic E-state index is 11.8. The number of nitrogens with one attached hydrogen (secondary N) is 1. The molecule has 0 spiro atoms.